The number of aliphatic carboxylic acids is 1. The molecule has 2 atom stereocenters. The van der Waals surface area contributed by atoms with Crippen molar-refractivity contribution in [2.24, 2.45) is 0 Å². The van der Waals surface area contributed by atoms with Gasteiger partial charge in [-0.15, -0.1) is 0 Å². The lowest BCUT2D eigenvalue weighted by Crippen LogP contribution is -2.47. The van der Waals surface area contributed by atoms with Crippen LogP contribution >= 0.6 is 0 Å². The van der Waals surface area contributed by atoms with Gasteiger partial charge in [-0.25, -0.2) is 4.79 Å². The van der Waals surface area contributed by atoms with Crippen LogP contribution in [0.5, 0.6) is 0 Å². The largest absolute Gasteiger partial charge is 0.480 e. The normalized spacial score (nSPS) is 12.6. The van der Waals surface area contributed by atoms with Crippen molar-refractivity contribution < 1.29 is 34.1 Å². The third kappa shape index (κ3) is 38.0. The van der Waals surface area contributed by atoms with Gasteiger partial charge in [0.25, 0.3) is 0 Å². The molecule has 0 bridgehead atoms. The maximum absolute atomic E-state index is 12.8. The fraction of sp³-hybridized carbons (Fsp3) is 0.826. The lowest BCUT2D eigenvalue weighted by Gasteiger charge is -2.18. The molecule has 0 saturated heterocycles. The predicted octanol–water partition coefficient (Wildman–Crippen LogP) is 11.2. The molecule has 0 aliphatic carbocycles. The van der Waals surface area contributed by atoms with E-state index in [0.29, 0.717) is 19.3 Å². The first-order valence-corrected chi connectivity index (χ1v) is 22.7. The van der Waals surface area contributed by atoms with Gasteiger partial charge < -0.3 is 25.6 Å². The smallest absolute Gasteiger partial charge is 0.328 e. The Labute approximate surface area is 336 Å². The van der Waals surface area contributed by atoms with Gasteiger partial charge in [0.2, 0.25) is 11.8 Å². The van der Waals surface area contributed by atoms with Gasteiger partial charge in [0, 0.05) is 12.8 Å². The highest BCUT2D eigenvalue weighted by atomic mass is 16.5. The topological polar surface area (TPSA) is 142 Å². The van der Waals surface area contributed by atoms with E-state index in [1.54, 1.807) is 0 Å². The number of carboxylic acids is 1. The Hall–Kier alpha value is -2.68. The van der Waals surface area contributed by atoms with Crippen molar-refractivity contribution in [3.63, 3.8) is 0 Å². The Morgan fingerprint density at radius 3 is 1.44 bits per heavy atom. The van der Waals surface area contributed by atoms with Crippen LogP contribution in [0.2, 0.25) is 0 Å². The van der Waals surface area contributed by atoms with Gasteiger partial charge in [0.1, 0.15) is 12.1 Å². The summed E-state index contributed by atoms with van der Waals surface area (Å²) < 4.78 is 6.01. The number of carboxylic acid groups (broad SMARTS) is 1. The fourth-order valence-corrected chi connectivity index (χ4v) is 6.65. The Morgan fingerprint density at radius 2 is 0.945 bits per heavy atom. The summed E-state index contributed by atoms with van der Waals surface area (Å²) in [6.45, 7) is 3.48. The summed E-state index contributed by atoms with van der Waals surface area (Å²) in [6, 6.07) is -1.38. The molecule has 320 valence electrons. The molecule has 0 radical (unpaired) electrons. The summed E-state index contributed by atoms with van der Waals surface area (Å²) in [6.07, 6.45) is 44.9. The lowest BCUT2D eigenvalue weighted by molar-refractivity contribution is -0.150. The molecule has 4 N–H and O–H groups in total. The number of allylic oxidation sites excluding steroid dienone is 4. The highest BCUT2D eigenvalue weighted by Crippen LogP contribution is 2.18. The number of hydrogen-bond donors (Lipinski definition) is 4. The van der Waals surface area contributed by atoms with Crippen LogP contribution in [0.15, 0.2) is 24.3 Å². The van der Waals surface area contributed by atoms with Gasteiger partial charge in [-0.1, -0.05) is 147 Å². The minimum atomic E-state index is -1.38. The molecule has 9 heteroatoms. The first-order valence-electron chi connectivity index (χ1n) is 22.7. The molecule has 2 unspecified atom stereocenters. The first kappa shape index (κ1) is 52.3. The number of carbonyl (C=O) groups excluding carboxylic acids is 3. The molecule has 0 aliphatic rings. The third-order valence-electron chi connectivity index (χ3n) is 10.2. The second-order valence-electron chi connectivity index (χ2n) is 15.5. The summed E-state index contributed by atoms with van der Waals surface area (Å²) in [4.78, 5) is 47.6. The van der Waals surface area contributed by atoms with Crippen LogP contribution in [0.25, 0.3) is 0 Å². The molecule has 0 aliphatic heterocycles. The number of nitrogens with one attached hydrogen (secondary N) is 2. The number of carbonyl (C=O) groups is 4. The summed E-state index contributed by atoms with van der Waals surface area (Å²) in [5.74, 6) is -2.31. The molecule has 0 fully saturated rings. The van der Waals surface area contributed by atoms with E-state index < -0.39 is 24.5 Å². The van der Waals surface area contributed by atoms with Crippen LogP contribution in [0.4, 0.5) is 0 Å². The SMILES string of the molecule is CCCCCCCC/C=C\CCCC(CCCCCCCC(=O)NCC(=O)NC(CO)C(=O)O)OC(=O)CCCCCCC/C=C\CCCCCCCCC. The molecule has 0 saturated carbocycles. The second kappa shape index (κ2) is 41.0. The number of esters is 1. The standard InChI is InChI=1S/C46H84N2O7/c1-3-5-7-9-11-13-15-16-17-18-19-21-23-25-30-34-38-45(52)55-41(35-31-27-24-22-20-14-12-10-8-6-4-2)36-32-28-26-29-33-37-43(50)47-39-44(51)48-42(40-49)46(53)54/h17-18,22,24,41-42,49H,3-16,19-21,23,25-40H2,1-2H3,(H,47,50)(H,48,51)(H,53,54)/b18-17-,24-22-. The summed E-state index contributed by atoms with van der Waals surface area (Å²) in [7, 11) is 0. The molecule has 55 heavy (non-hydrogen) atoms. The van der Waals surface area contributed by atoms with Crippen LogP contribution in [-0.2, 0) is 23.9 Å². The zero-order valence-corrected chi connectivity index (χ0v) is 35.4. The number of unbranched alkanes of at least 4 members (excludes halogenated alkanes) is 23. The van der Waals surface area contributed by atoms with Gasteiger partial charge >= 0.3 is 11.9 Å². The van der Waals surface area contributed by atoms with E-state index in [1.807, 2.05) is 0 Å². The van der Waals surface area contributed by atoms with E-state index in [1.165, 1.54) is 109 Å². The maximum Gasteiger partial charge on any atom is 0.328 e. The van der Waals surface area contributed by atoms with E-state index >= 15 is 0 Å². The average molecular weight is 777 g/mol. The van der Waals surface area contributed by atoms with Crippen molar-refractivity contribution in [1.82, 2.24) is 10.6 Å². The molecule has 9 nitrogen and oxygen atoms in total. The maximum atomic E-state index is 12.8. The fourth-order valence-electron chi connectivity index (χ4n) is 6.65. The molecule has 0 aromatic heterocycles. The van der Waals surface area contributed by atoms with Crippen molar-refractivity contribution >= 4 is 23.8 Å². The van der Waals surface area contributed by atoms with Gasteiger partial charge in [0.15, 0.2) is 0 Å². The van der Waals surface area contributed by atoms with Crippen LogP contribution in [0.3, 0.4) is 0 Å². The zero-order chi connectivity index (χ0) is 40.5. The van der Waals surface area contributed by atoms with E-state index in [4.69, 9.17) is 14.9 Å². The Balaban J connectivity index is 4.31. The molecule has 0 aromatic carbocycles. The Bertz CT molecular complexity index is 983. The number of ether oxygens (including phenoxy) is 1. The van der Waals surface area contributed by atoms with E-state index in [9.17, 15) is 19.2 Å². The van der Waals surface area contributed by atoms with Crippen LogP contribution in [-0.4, -0.2) is 59.3 Å². The minimum Gasteiger partial charge on any atom is -0.480 e. The number of aliphatic hydroxyl groups excluding tert-OH is 1. The average Bonchev–Trinajstić information content (AvgIpc) is 3.17. The highest BCUT2D eigenvalue weighted by molar-refractivity contribution is 5.87. The Kier molecular flexibility index (Phi) is 39.0. The van der Waals surface area contributed by atoms with E-state index in [2.05, 4.69) is 48.8 Å². The minimum absolute atomic E-state index is 0.0456. The summed E-state index contributed by atoms with van der Waals surface area (Å²) >= 11 is 0. The second-order valence-corrected chi connectivity index (χ2v) is 15.5. The van der Waals surface area contributed by atoms with Crippen LogP contribution < -0.4 is 10.6 Å². The van der Waals surface area contributed by atoms with Crippen molar-refractivity contribution in [3.05, 3.63) is 24.3 Å². The first-order chi connectivity index (χ1) is 26.8. The van der Waals surface area contributed by atoms with Gasteiger partial charge in [-0.3, -0.25) is 14.4 Å². The van der Waals surface area contributed by atoms with Crippen molar-refractivity contribution in [2.75, 3.05) is 13.2 Å². The number of hydrogen-bond acceptors (Lipinski definition) is 6. The zero-order valence-electron chi connectivity index (χ0n) is 35.4. The molecular formula is C46H84N2O7. The molecule has 2 amide bonds. The monoisotopic (exact) mass is 777 g/mol. The summed E-state index contributed by atoms with van der Waals surface area (Å²) in [5, 5.41) is 22.6. The highest BCUT2D eigenvalue weighted by Gasteiger charge is 2.19. The van der Waals surface area contributed by atoms with E-state index in [0.717, 1.165) is 77.0 Å². The Morgan fingerprint density at radius 1 is 0.527 bits per heavy atom. The van der Waals surface area contributed by atoms with Crippen molar-refractivity contribution in [2.45, 2.75) is 231 Å². The van der Waals surface area contributed by atoms with Gasteiger partial charge in [-0.05, 0) is 83.5 Å². The van der Waals surface area contributed by atoms with Crippen LogP contribution in [0, 0.1) is 0 Å². The molecule has 0 heterocycles. The van der Waals surface area contributed by atoms with Gasteiger partial charge in [0.05, 0.1) is 13.2 Å². The number of rotatable bonds is 41. The van der Waals surface area contributed by atoms with Crippen molar-refractivity contribution in [1.29, 1.82) is 0 Å². The van der Waals surface area contributed by atoms with E-state index in [-0.39, 0.29) is 24.5 Å². The van der Waals surface area contributed by atoms with Gasteiger partial charge in [-0.2, -0.15) is 0 Å². The van der Waals surface area contributed by atoms with Crippen LogP contribution in [0.1, 0.15) is 219 Å². The molecular weight excluding hydrogens is 693 g/mol. The molecule has 0 aromatic rings. The lowest BCUT2D eigenvalue weighted by atomic mass is 10.0. The number of aliphatic hydroxyl groups is 1. The quantitative estimate of drug-likeness (QED) is 0.0275. The predicted molar refractivity (Wildman–Crippen MR) is 227 cm³/mol. The molecule has 0 rings (SSSR count). The third-order valence-corrected chi connectivity index (χ3v) is 10.2. The molecule has 0 spiro atoms. The van der Waals surface area contributed by atoms with Crippen molar-refractivity contribution in [3.8, 4) is 0 Å². The number of amides is 2. The summed E-state index contributed by atoms with van der Waals surface area (Å²) in [5.41, 5.74) is 0.